The smallest absolute Gasteiger partial charge is 0.344 e. The topological polar surface area (TPSA) is 88.0 Å². The van der Waals surface area contributed by atoms with Crippen molar-refractivity contribution in [3.8, 4) is 11.5 Å². The Hall–Kier alpha value is -2.28. The molecule has 1 aliphatic carbocycles. The van der Waals surface area contributed by atoms with E-state index in [2.05, 4.69) is 5.32 Å². The lowest BCUT2D eigenvalue weighted by molar-refractivity contribution is -0.145. The van der Waals surface area contributed by atoms with Crippen LogP contribution in [0.25, 0.3) is 0 Å². The van der Waals surface area contributed by atoms with Crippen molar-refractivity contribution in [2.75, 3.05) is 19.8 Å². The van der Waals surface area contributed by atoms with Crippen LogP contribution >= 0.6 is 11.6 Å². The summed E-state index contributed by atoms with van der Waals surface area (Å²) in [6, 6.07) is 10.8. The first-order chi connectivity index (χ1) is 14.0. The average molecular weight is 420 g/mol. The summed E-state index contributed by atoms with van der Waals surface area (Å²) < 4.78 is 10.4. The van der Waals surface area contributed by atoms with Crippen molar-refractivity contribution in [3.63, 3.8) is 0 Å². The Labute approximate surface area is 175 Å². The van der Waals surface area contributed by atoms with Crippen LogP contribution in [-0.2, 0) is 22.4 Å². The van der Waals surface area contributed by atoms with Crippen LogP contribution < -0.4 is 10.1 Å². The van der Waals surface area contributed by atoms with E-state index < -0.39 is 6.10 Å². The van der Waals surface area contributed by atoms with Gasteiger partial charge in [0.25, 0.3) is 0 Å². The van der Waals surface area contributed by atoms with Crippen molar-refractivity contribution < 1.29 is 24.5 Å². The number of aliphatic hydroxyl groups excluding tert-OH is 1. The second-order valence-corrected chi connectivity index (χ2v) is 7.51. The minimum atomic E-state index is -0.714. The van der Waals surface area contributed by atoms with Gasteiger partial charge in [-0.25, -0.2) is 4.79 Å². The lowest BCUT2D eigenvalue weighted by Gasteiger charge is -2.27. The van der Waals surface area contributed by atoms with Crippen LogP contribution in [0.5, 0.6) is 11.5 Å². The van der Waals surface area contributed by atoms with Gasteiger partial charge in [-0.2, -0.15) is 0 Å². The van der Waals surface area contributed by atoms with E-state index in [4.69, 9.17) is 21.1 Å². The van der Waals surface area contributed by atoms with Gasteiger partial charge in [-0.3, -0.25) is 0 Å². The van der Waals surface area contributed by atoms with Crippen LogP contribution in [0.2, 0.25) is 5.02 Å². The lowest BCUT2D eigenvalue weighted by Crippen LogP contribution is -2.37. The SMILES string of the molecule is CCOC(=O)COc1ccc2c(c1)C[C@H](NC[C@@H](O)c1ccc(O)c(Cl)c1)CC2. The molecule has 2 atom stereocenters. The Kier molecular flexibility index (Phi) is 7.36. The minimum Gasteiger partial charge on any atom is -0.506 e. The number of phenols is 1. The third-order valence-corrected chi connectivity index (χ3v) is 5.33. The fourth-order valence-corrected chi connectivity index (χ4v) is 3.66. The van der Waals surface area contributed by atoms with Crippen LogP contribution in [-0.4, -0.2) is 42.0 Å². The molecule has 0 unspecified atom stereocenters. The number of aliphatic hydroxyl groups is 1. The first-order valence-electron chi connectivity index (χ1n) is 9.76. The van der Waals surface area contributed by atoms with Gasteiger partial charge in [-0.05, 0) is 67.1 Å². The van der Waals surface area contributed by atoms with Gasteiger partial charge in [0.1, 0.15) is 11.5 Å². The summed E-state index contributed by atoms with van der Waals surface area (Å²) >= 11 is 5.92. The molecule has 0 fully saturated rings. The molecule has 0 heterocycles. The highest BCUT2D eigenvalue weighted by Crippen LogP contribution is 2.28. The number of fused-ring (bicyclic) bond motifs is 1. The van der Waals surface area contributed by atoms with Gasteiger partial charge in [0.05, 0.1) is 17.7 Å². The first-order valence-corrected chi connectivity index (χ1v) is 10.1. The predicted octanol–water partition coefficient (Wildman–Crippen LogP) is 3.17. The van der Waals surface area contributed by atoms with E-state index in [-0.39, 0.29) is 29.4 Å². The number of esters is 1. The van der Waals surface area contributed by atoms with Crippen LogP contribution in [0.15, 0.2) is 36.4 Å². The summed E-state index contributed by atoms with van der Waals surface area (Å²) in [5.41, 5.74) is 3.11. The molecule has 0 aromatic heterocycles. The number of benzene rings is 2. The highest BCUT2D eigenvalue weighted by molar-refractivity contribution is 6.32. The fourth-order valence-electron chi connectivity index (χ4n) is 3.47. The molecule has 6 nitrogen and oxygen atoms in total. The molecular formula is C22H26ClNO5. The predicted molar refractivity (Wildman–Crippen MR) is 110 cm³/mol. The van der Waals surface area contributed by atoms with Crippen molar-refractivity contribution >= 4 is 17.6 Å². The van der Waals surface area contributed by atoms with E-state index in [9.17, 15) is 15.0 Å². The fraction of sp³-hybridized carbons (Fsp3) is 0.409. The van der Waals surface area contributed by atoms with Crippen LogP contribution in [0, 0.1) is 0 Å². The van der Waals surface area contributed by atoms with E-state index in [1.165, 1.54) is 17.2 Å². The van der Waals surface area contributed by atoms with Crippen molar-refractivity contribution in [2.45, 2.75) is 38.3 Å². The highest BCUT2D eigenvalue weighted by atomic mass is 35.5. The van der Waals surface area contributed by atoms with E-state index in [0.717, 1.165) is 19.3 Å². The van der Waals surface area contributed by atoms with E-state index in [1.54, 1.807) is 19.1 Å². The molecule has 0 saturated carbocycles. The second-order valence-electron chi connectivity index (χ2n) is 7.10. The number of ether oxygens (including phenoxy) is 2. The molecule has 0 aliphatic heterocycles. The number of hydrogen-bond acceptors (Lipinski definition) is 6. The number of aryl methyl sites for hydroxylation is 1. The normalized spacial score (nSPS) is 16.7. The summed E-state index contributed by atoms with van der Waals surface area (Å²) in [6.07, 6.45) is 2.01. The maximum Gasteiger partial charge on any atom is 0.344 e. The summed E-state index contributed by atoms with van der Waals surface area (Å²) in [5, 5.41) is 23.5. The van der Waals surface area contributed by atoms with E-state index in [1.807, 2.05) is 18.2 Å². The third kappa shape index (κ3) is 5.85. The number of carbonyl (C=O) groups excluding carboxylic acids is 1. The van der Waals surface area contributed by atoms with Crippen molar-refractivity contribution in [2.24, 2.45) is 0 Å². The Morgan fingerprint density at radius 3 is 2.86 bits per heavy atom. The van der Waals surface area contributed by atoms with Gasteiger partial charge in [-0.15, -0.1) is 0 Å². The molecule has 0 bridgehead atoms. The molecule has 2 aromatic rings. The maximum atomic E-state index is 11.5. The highest BCUT2D eigenvalue weighted by Gasteiger charge is 2.20. The molecule has 3 N–H and O–H groups in total. The Bertz CT molecular complexity index is 857. The molecule has 156 valence electrons. The van der Waals surface area contributed by atoms with E-state index in [0.29, 0.717) is 24.5 Å². The quantitative estimate of drug-likeness (QED) is 0.569. The van der Waals surface area contributed by atoms with Crippen LogP contribution in [0.3, 0.4) is 0 Å². The molecule has 0 spiro atoms. The molecule has 29 heavy (non-hydrogen) atoms. The zero-order valence-electron chi connectivity index (χ0n) is 16.4. The second kappa shape index (κ2) is 9.96. The Morgan fingerprint density at radius 2 is 2.10 bits per heavy atom. The molecule has 0 radical (unpaired) electrons. The third-order valence-electron chi connectivity index (χ3n) is 5.02. The van der Waals surface area contributed by atoms with Gasteiger partial charge >= 0.3 is 5.97 Å². The number of rotatable bonds is 8. The molecule has 7 heteroatoms. The van der Waals surface area contributed by atoms with E-state index >= 15 is 0 Å². The number of aromatic hydroxyl groups is 1. The minimum absolute atomic E-state index is 0.000410. The number of phenolic OH excluding ortho intramolecular Hbond substituents is 1. The van der Waals surface area contributed by atoms with Gasteiger partial charge in [0.15, 0.2) is 6.61 Å². The summed E-state index contributed by atoms with van der Waals surface area (Å²) in [5.74, 6) is 0.268. The first kappa shape index (κ1) is 21.4. The van der Waals surface area contributed by atoms with Crippen molar-refractivity contribution in [3.05, 3.63) is 58.1 Å². The van der Waals surface area contributed by atoms with Gasteiger partial charge < -0.3 is 25.0 Å². The Balaban J connectivity index is 1.54. The molecular weight excluding hydrogens is 394 g/mol. The molecule has 2 aromatic carbocycles. The molecule has 1 aliphatic rings. The van der Waals surface area contributed by atoms with Gasteiger partial charge in [0.2, 0.25) is 0 Å². The zero-order chi connectivity index (χ0) is 20.8. The van der Waals surface area contributed by atoms with Crippen molar-refractivity contribution in [1.29, 1.82) is 0 Å². The largest absolute Gasteiger partial charge is 0.506 e. The summed E-state index contributed by atoms with van der Waals surface area (Å²) in [7, 11) is 0. The van der Waals surface area contributed by atoms with Gasteiger partial charge in [0, 0.05) is 12.6 Å². The number of halogens is 1. The van der Waals surface area contributed by atoms with Crippen LogP contribution in [0.4, 0.5) is 0 Å². The maximum absolute atomic E-state index is 11.5. The zero-order valence-corrected chi connectivity index (χ0v) is 17.1. The molecule has 3 rings (SSSR count). The summed E-state index contributed by atoms with van der Waals surface area (Å²) in [4.78, 5) is 11.5. The lowest BCUT2D eigenvalue weighted by atomic mass is 9.88. The summed E-state index contributed by atoms with van der Waals surface area (Å²) in [6.45, 7) is 2.38. The monoisotopic (exact) mass is 419 g/mol. The van der Waals surface area contributed by atoms with Gasteiger partial charge in [-0.1, -0.05) is 23.7 Å². The standard InChI is InChI=1S/C22H26ClNO5/c1-2-28-22(27)13-29-18-7-4-14-3-6-17(9-16(14)10-18)24-12-21(26)15-5-8-20(25)19(23)11-15/h4-5,7-8,10-11,17,21,24-26H,2-3,6,9,12-13H2,1H3/t17-,21-/m1/s1. The number of hydrogen-bond donors (Lipinski definition) is 3. The average Bonchev–Trinajstić information content (AvgIpc) is 2.72. The molecule has 0 saturated heterocycles. The van der Waals surface area contributed by atoms with Crippen molar-refractivity contribution in [1.82, 2.24) is 5.32 Å². The Morgan fingerprint density at radius 1 is 1.28 bits per heavy atom. The number of nitrogens with one attached hydrogen (secondary N) is 1. The number of carbonyl (C=O) groups is 1. The van der Waals surface area contributed by atoms with Crippen LogP contribution in [0.1, 0.15) is 36.1 Å². The molecule has 0 amide bonds.